The zero-order chi connectivity index (χ0) is 16.6. The molecule has 3 aromatic carbocycles. The van der Waals surface area contributed by atoms with E-state index >= 15 is 0 Å². The summed E-state index contributed by atoms with van der Waals surface area (Å²) in [6.45, 7) is 2.21. The van der Waals surface area contributed by atoms with Gasteiger partial charge < -0.3 is 0 Å². The molecule has 0 atom stereocenters. The molecule has 121 valence electrons. The monoisotopic (exact) mass is 313 g/mol. The Bertz CT molecular complexity index is 682. The van der Waals surface area contributed by atoms with Gasteiger partial charge in [0.05, 0.1) is 0 Å². The van der Waals surface area contributed by atoms with Crippen LogP contribution in [-0.4, -0.2) is 0 Å². The van der Waals surface area contributed by atoms with E-state index in [-0.39, 0.29) is 0 Å². The first-order valence-corrected chi connectivity index (χ1v) is 8.84. The predicted molar refractivity (Wildman–Crippen MR) is 103 cm³/mol. The molecule has 0 spiro atoms. The van der Waals surface area contributed by atoms with Gasteiger partial charge in [-0.15, -0.1) is 0 Å². The average molecular weight is 313 g/mol. The Morgan fingerprint density at radius 2 is 1.04 bits per heavy atom. The number of hydrogen-bond donors (Lipinski definition) is 0. The van der Waals surface area contributed by atoms with Crippen molar-refractivity contribution in [1.82, 2.24) is 0 Å². The third-order valence-electron chi connectivity index (χ3n) is 4.28. The van der Waals surface area contributed by atoms with E-state index in [2.05, 4.69) is 92.2 Å². The van der Waals surface area contributed by atoms with E-state index < -0.39 is 0 Å². The molecule has 0 N–H and O–H groups in total. The lowest BCUT2D eigenvalue weighted by molar-refractivity contribution is 0.987. The van der Waals surface area contributed by atoms with Crippen molar-refractivity contribution in [2.45, 2.75) is 32.6 Å². The predicted octanol–water partition coefficient (Wildman–Crippen LogP) is 6.02. The van der Waals surface area contributed by atoms with E-state index in [0.717, 1.165) is 25.7 Å². The van der Waals surface area contributed by atoms with Crippen LogP contribution in [0.1, 0.15) is 41.2 Å². The average Bonchev–Trinajstić information content (AvgIpc) is 2.61. The van der Waals surface area contributed by atoms with Gasteiger partial charge in [-0.2, -0.15) is 0 Å². The van der Waals surface area contributed by atoms with Crippen LogP contribution in [0, 0.1) is 6.42 Å². The van der Waals surface area contributed by atoms with Crippen LogP contribution >= 0.6 is 0 Å². The first-order chi connectivity index (χ1) is 11.8. The van der Waals surface area contributed by atoms with Gasteiger partial charge in [-0.3, -0.25) is 0 Å². The maximum Gasteiger partial charge on any atom is -0.00256 e. The topological polar surface area (TPSA) is 0 Å². The van der Waals surface area contributed by atoms with Gasteiger partial charge in [-0.1, -0.05) is 92.2 Å². The van der Waals surface area contributed by atoms with Crippen molar-refractivity contribution in [3.8, 4) is 0 Å². The summed E-state index contributed by atoms with van der Waals surface area (Å²) >= 11 is 0. The maximum absolute atomic E-state index is 2.37. The molecule has 0 fully saturated rings. The number of rotatable bonds is 7. The zero-order valence-electron chi connectivity index (χ0n) is 14.4. The Morgan fingerprint density at radius 1 is 0.583 bits per heavy atom. The van der Waals surface area contributed by atoms with Crippen molar-refractivity contribution in [1.29, 1.82) is 0 Å². The highest BCUT2D eigenvalue weighted by Crippen LogP contribution is 2.19. The summed E-state index contributed by atoms with van der Waals surface area (Å²) in [6, 6.07) is 28.6. The SMILES string of the molecule is CC[CH]Cc1cc(Cc2ccccc2)cc(Cc2ccccc2)c1. The minimum absolute atomic E-state index is 1.00. The second-order valence-electron chi connectivity index (χ2n) is 6.38. The number of unbranched alkanes of at least 4 members (excludes halogenated alkanes) is 1. The second kappa shape index (κ2) is 8.49. The van der Waals surface area contributed by atoms with Gasteiger partial charge in [0.25, 0.3) is 0 Å². The molecular weight excluding hydrogens is 288 g/mol. The first kappa shape index (κ1) is 16.5. The highest BCUT2D eigenvalue weighted by molar-refractivity contribution is 5.37. The molecule has 24 heavy (non-hydrogen) atoms. The highest BCUT2D eigenvalue weighted by atomic mass is 14.1. The van der Waals surface area contributed by atoms with Crippen LogP contribution in [0.15, 0.2) is 78.9 Å². The van der Waals surface area contributed by atoms with Gasteiger partial charge in [0.15, 0.2) is 0 Å². The van der Waals surface area contributed by atoms with E-state index in [0.29, 0.717) is 0 Å². The summed E-state index contributed by atoms with van der Waals surface area (Å²) in [6.07, 6.45) is 6.54. The van der Waals surface area contributed by atoms with Crippen LogP contribution in [-0.2, 0) is 19.3 Å². The Balaban J connectivity index is 1.85. The van der Waals surface area contributed by atoms with Crippen LogP contribution in [0.4, 0.5) is 0 Å². The second-order valence-corrected chi connectivity index (χ2v) is 6.38. The molecule has 1 radical (unpaired) electrons. The summed E-state index contributed by atoms with van der Waals surface area (Å²) in [7, 11) is 0. The minimum atomic E-state index is 1.00. The Hall–Kier alpha value is -2.34. The van der Waals surface area contributed by atoms with E-state index in [1.54, 1.807) is 0 Å². The molecule has 0 amide bonds. The molecule has 0 aliphatic rings. The first-order valence-electron chi connectivity index (χ1n) is 8.84. The Kier molecular flexibility index (Phi) is 5.85. The third kappa shape index (κ3) is 4.83. The standard InChI is InChI=1S/C24H25/c1-2-3-10-22-17-23(15-20-11-6-4-7-12-20)19-24(18-22)16-21-13-8-5-9-14-21/h3-9,11-14,17-19H,2,10,15-16H2,1H3. The lowest BCUT2D eigenvalue weighted by Gasteiger charge is -2.11. The van der Waals surface area contributed by atoms with Crippen LogP contribution in [0.5, 0.6) is 0 Å². The molecule has 0 nitrogen and oxygen atoms in total. The van der Waals surface area contributed by atoms with Crippen LogP contribution in [0.25, 0.3) is 0 Å². The van der Waals surface area contributed by atoms with Crippen molar-refractivity contribution in [2.24, 2.45) is 0 Å². The lowest BCUT2D eigenvalue weighted by atomic mass is 9.95. The van der Waals surface area contributed by atoms with E-state index in [1.807, 2.05) is 0 Å². The normalized spacial score (nSPS) is 10.7. The van der Waals surface area contributed by atoms with Crippen molar-refractivity contribution in [3.05, 3.63) is 113 Å². The van der Waals surface area contributed by atoms with Crippen molar-refractivity contribution >= 4 is 0 Å². The molecule has 0 unspecified atom stereocenters. The fourth-order valence-corrected chi connectivity index (χ4v) is 3.14. The molecular formula is C24H25. The van der Waals surface area contributed by atoms with Crippen molar-refractivity contribution < 1.29 is 0 Å². The lowest BCUT2D eigenvalue weighted by Crippen LogP contribution is -1.97. The largest absolute Gasteiger partial charge is 0.0651 e. The van der Waals surface area contributed by atoms with E-state index in [1.165, 1.54) is 27.8 Å². The fraction of sp³-hybridized carbons (Fsp3) is 0.208. The van der Waals surface area contributed by atoms with E-state index in [4.69, 9.17) is 0 Å². The van der Waals surface area contributed by atoms with Gasteiger partial charge in [0.2, 0.25) is 0 Å². The van der Waals surface area contributed by atoms with Crippen molar-refractivity contribution in [2.75, 3.05) is 0 Å². The van der Waals surface area contributed by atoms with Crippen LogP contribution in [0.2, 0.25) is 0 Å². The smallest absolute Gasteiger partial charge is 0.00256 e. The highest BCUT2D eigenvalue weighted by Gasteiger charge is 2.04. The fourth-order valence-electron chi connectivity index (χ4n) is 3.14. The third-order valence-corrected chi connectivity index (χ3v) is 4.28. The molecule has 0 aromatic heterocycles. The molecule has 0 bridgehead atoms. The zero-order valence-corrected chi connectivity index (χ0v) is 14.4. The van der Waals surface area contributed by atoms with Gasteiger partial charge in [-0.25, -0.2) is 0 Å². The summed E-state index contributed by atoms with van der Waals surface area (Å²) in [5, 5.41) is 0. The number of benzene rings is 3. The quantitative estimate of drug-likeness (QED) is 0.500. The summed E-state index contributed by atoms with van der Waals surface area (Å²) in [5.74, 6) is 0. The van der Waals surface area contributed by atoms with Gasteiger partial charge in [-0.05, 0) is 53.5 Å². The van der Waals surface area contributed by atoms with Gasteiger partial charge in [0.1, 0.15) is 0 Å². The molecule has 3 rings (SSSR count). The van der Waals surface area contributed by atoms with E-state index in [9.17, 15) is 0 Å². The summed E-state index contributed by atoms with van der Waals surface area (Å²) < 4.78 is 0. The molecule has 0 saturated heterocycles. The minimum Gasteiger partial charge on any atom is -0.0651 e. The summed E-state index contributed by atoms with van der Waals surface area (Å²) in [5.41, 5.74) is 7.00. The molecule has 0 aliphatic carbocycles. The van der Waals surface area contributed by atoms with Gasteiger partial charge in [0, 0.05) is 0 Å². The van der Waals surface area contributed by atoms with Crippen LogP contribution < -0.4 is 0 Å². The maximum atomic E-state index is 2.37. The van der Waals surface area contributed by atoms with Crippen molar-refractivity contribution in [3.63, 3.8) is 0 Å². The Labute approximate surface area is 146 Å². The Morgan fingerprint density at radius 3 is 1.50 bits per heavy atom. The summed E-state index contributed by atoms with van der Waals surface area (Å²) in [4.78, 5) is 0. The van der Waals surface area contributed by atoms with Gasteiger partial charge >= 0.3 is 0 Å². The molecule has 0 heterocycles. The molecule has 0 saturated carbocycles. The molecule has 0 heteroatoms. The van der Waals surface area contributed by atoms with Crippen LogP contribution in [0.3, 0.4) is 0 Å². The molecule has 0 aliphatic heterocycles. The number of hydrogen-bond acceptors (Lipinski definition) is 0. The molecule has 3 aromatic rings.